The van der Waals surface area contributed by atoms with Crippen LogP contribution >= 0.6 is 0 Å². The minimum absolute atomic E-state index is 0.167. The molecule has 97 heavy (non-hydrogen) atoms. The largest absolute Gasteiger partial charge is 0.452 e. The molecular formula is C88H52B3N5O. The summed E-state index contributed by atoms with van der Waals surface area (Å²) in [6.07, 6.45) is 0. The standard InChI is InChI=1S/C88H52B3N5O/c1-6-24-53(25-7-1)60-48-77-81-78(49-60)94(63-36-12-4-13-37-63)75-51-76-70(50-69(75)89(81)67-42-54-26-16-18-28-56(54)46-73(67)92(77)61-32-8-2-9-33-61)91-72-45-59-31-21-23-41-66(59)88-85(72)96-84-71(44-58-30-20-22-40-65(58)87(84)97-88)90-68-43-55-27-17-19-29-57(55)47-74(68)93(62-34-10-3-11-35-62)79-52-80(83(91)86(96)82(79)90)95(76)64-38-14-5-15-39-64/h1-52H/i8D,9D,10D,11D,12D,13D,14D,15D. The third-order valence-electron chi connectivity index (χ3n) is 21.6. The smallest absolute Gasteiger partial charge is 0.252 e. The number of anilines is 15. The van der Waals surface area contributed by atoms with E-state index in [2.05, 4.69) is 200 Å². The molecule has 0 spiro atoms. The van der Waals surface area contributed by atoms with Crippen molar-refractivity contribution in [1.82, 2.24) is 0 Å². The second-order valence-electron chi connectivity index (χ2n) is 26.4. The van der Waals surface area contributed by atoms with Crippen LogP contribution in [-0.4, -0.2) is 20.1 Å². The van der Waals surface area contributed by atoms with Gasteiger partial charge in [-0.15, -0.1) is 0 Å². The second kappa shape index (κ2) is 19.1. The minimum atomic E-state index is -0.533. The fourth-order valence-electron chi connectivity index (χ4n) is 17.9. The fraction of sp³-hybridized carbons (Fsp3) is 0. The van der Waals surface area contributed by atoms with Crippen molar-refractivity contribution in [2.45, 2.75) is 0 Å². The topological polar surface area (TPSA) is 25.4 Å². The van der Waals surface area contributed by atoms with E-state index in [1.807, 2.05) is 66.7 Å². The van der Waals surface area contributed by atoms with Gasteiger partial charge in [0.2, 0.25) is 0 Å². The normalized spacial score (nSPS) is 15.3. The van der Waals surface area contributed by atoms with Gasteiger partial charge in [0.1, 0.15) is 0 Å². The van der Waals surface area contributed by atoms with Gasteiger partial charge in [-0.3, -0.25) is 0 Å². The van der Waals surface area contributed by atoms with Gasteiger partial charge in [0, 0.05) is 84.7 Å². The van der Waals surface area contributed by atoms with Crippen molar-refractivity contribution in [3.8, 4) is 22.6 Å². The van der Waals surface area contributed by atoms with Crippen LogP contribution in [0.3, 0.4) is 0 Å². The Kier molecular flexibility index (Phi) is 8.87. The first-order valence-corrected chi connectivity index (χ1v) is 33.1. The van der Waals surface area contributed by atoms with Gasteiger partial charge in [0.05, 0.1) is 22.3 Å². The number of hydrogen-bond donors (Lipinski definition) is 0. The first kappa shape index (κ1) is 45.0. The van der Waals surface area contributed by atoms with Gasteiger partial charge in [0.15, 0.2) is 11.5 Å². The van der Waals surface area contributed by atoms with Gasteiger partial charge >= 0.3 is 0 Å². The molecule has 0 amide bonds. The van der Waals surface area contributed by atoms with E-state index in [-0.39, 0.29) is 55.1 Å². The van der Waals surface area contributed by atoms with Crippen LogP contribution in [-0.2, 0) is 0 Å². The molecule has 444 valence electrons. The third kappa shape index (κ3) is 6.91. The van der Waals surface area contributed by atoms with Gasteiger partial charge in [-0.1, -0.05) is 230 Å². The van der Waals surface area contributed by atoms with Gasteiger partial charge < -0.3 is 29.2 Å². The number of hydrogen-bond acceptors (Lipinski definition) is 6. The second-order valence-corrected chi connectivity index (χ2v) is 26.4. The van der Waals surface area contributed by atoms with Gasteiger partial charge in [0.25, 0.3) is 20.1 Å². The first-order chi connectivity index (χ1) is 51.3. The van der Waals surface area contributed by atoms with Crippen molar-refractivity contribution in [3.63, 3.8) is 0 Å². The Bertz CT molecular complexity index is 6660. The van der Waals surface area contributed by atoms with Crippen molar-refractivity contribution in [2.24, 2.45) is 0 Å². The highest BCUT2D eigenvalue weighted by Gasteiger charge is 2.56. The van der Waals surface area contributed by atoms with Crippen LogP contribution in [0.5, 0.6) is 11.5 Å². The lowest BCUT2D eigenvalue weighted by Gasteiger charge is -2.53. The fourth-order valence-corrected chi connectivity index (χ4v) is 17.9. The Hall–Kier alpha value is -12.4. The molecule has 0 fully saturated rings. The molecule has 7 aliphatic rings. The Morgan fingerprint density at radius 3 is 1.00 bits per heavy atom. The number of ether oxygens (including phenoxy) is 1. The van der Waals surface area contributed by atoms with Crippen molar-refractivity contribution in [2.75, 3.05) is 24.5 Å². The summed E-state index contributed by atoms with van der Waals surface area (Å²) in [4.78, 5) is 11.6. The zero-order valence-corrected chi connectivity index (χ0v) is 51.8. The zero-order chi connectivity index (χ0) is 69.8. The van der Waals surface area contributed by atoms with Crippen molar-refractivity contribution >= 4 is 198 Å². The van der Waals surface area contributed by atoms with E-state index in [9.17, 15) is 11.0 Å². The quantitative estimate of drug-likeness (QED) is 0.159. The number of para-hydroxylation sites is 4. The van der Waals surface area contributed by atoms with E-state index < -0.39 is 13.4 Å². The Morgan fingerprint density at radius 2 is 0.567 bits per heavy atom. The van der Waals surface area contributed by atoms with E-state index in [1.54, 1.807) is 24.3 Å². The van der Waals surface area contributed by atoms with Gasteiger partial charge in [-0.25, -0.2) is 0 Å². The lowest BCUT2D eigenvalue weighted by molar-refractivity contribution is 0.489. The molecule has 0 aliphatic carbocycles. The Morgan fingerprint density at radius 1 is 0.237 bits per heavy atom. The summed E-state index contributed by atoms with van der Waals surface area (Å²) in [6, 6.07) is 92.5. The maximum absolute atomic E-state index is 9.63. The van der Waals surface area contributed by atoms with Crippen LogP contribution in [0.15, 0.2) is 315 Å². The van der Waals surface area contributed by atoms with E-state index in [0.29, 0.717) is 22.7 Å². The highest BCUT2D eigenvalue weighted by Crippen LogP contribution is 2.60. The van der Waals surface area contributed by atoms with E-state index in [1.165, 1.54) is 0 Å². The molecule has 0 N–H and O–H groups in total. The minimum Gasteiger partial charge on any atom is -0.452 e. The average molecular weight is 1240 g/mol. The summed E-state index contributed by atoms with van der Waals surface area (Å²) in [5.74, 6) is 1.50. The van der Waals surface area contributed by atoms with Crippen molar-refractivity contribution < 1.29 is 15.7 Å². The lowest BCUT2D eigenvalue weighted by atomic mass is 9.27. The molecule has 9 heteroatoms. The predicted octanol–water partition coefficient (Wildman–Crippen LogP) is 16.9. The van der Waals surface area contributed by atoms with E-state index >= 15 is 0 Å². The summed E-state index contributed by atoms with van der Waals surface area (Å²) in [5, 5.41) is 8.17. The molecule has 16 aromatic rings. The Balaban J connectivity index is 0.907. The molecule has 0 atom stereocenters. The number of rotatable bonds is 5. The molecule has 7 heterocycles. The highest BCUT2D eigenvalue weighted by molar-refractivity contribution is 7.06. The summed E-state index contributed by atoms with van der Waals surface area (Å²) in [7, 11) is 0. The predicted molar refractivity (Wildman–Crippen MR) is 409 cm³/mol. The monoisotopic (exact) mass is 1240 g/mol. The lowest BCUT2D eigenvalue weighted by Crippen LogP contribution is -2.69. The molecule has 0 bridgehead atoms. The van der Waals surface area contributed by atoms with Gasteiger partial charge in [-0.05, 0) is 178 Å². The molecular weight excluding hydrogens is 1180 g/mol. The maximum Gasteiger partial charge on any atom is 0.252 e. The molecule has 6 nitrogen and oxygen atoms in total. The SMILES string of the molecule is [2H]c1cc([2H])cc(N2c3cc4c(cc3B3c5cc6ccccc6cc5N(c5cc([2H])cc([2H])c5)c5cc(-c6ccccc6)cc2c53)B2c3cc5ccccc5c5c3N3c6c2c(cc2c6B(c6cc7ccccc7cc6N2c2cc([2H])cc([2H])c2)c2cc6ccccc6c(c23)O5)N4c2cc([2H])cc([2H])c2)c1. The zero-order valence-electron chi connectivity index (χ0n) is 59.8. The highest BCUT2D eigenvalue weighted by atomic mass is 16.5. The summed E-state index contributed by atoms with van der Waals surface area (Å²) in [5.41, 5.74) is 23.2. The molecule has 0 radical (unpaired) electrons. The summed E-state index contributed by atoms with van der Waals surface area (Å²) >= 11 is 0. The Labute approximate surface area is 572 Å². The van der Waals surface area contributed by atoms with Crippen LogP contribution < -0.4 is 78.4 Å². The number of fused-ring (bicyclic) bond motifs is 16. The molecule has 23 rings (SSSR count). The summed E-state index contributed by atoms with van der Waals surface area (Å²) < 4.78 is 83.3. The molecule has 0 unspecified atom stereocenters. The average Bonchev–Trinajstić information content (AvgIpc) is 0.654. The van der Waals surface area contributed by atoms with Crippen molar-refractivity contribution in [3.05, 3.63) is 315 Å². The number of nitrogens with zero attached hydrogens (tertiary/aromatic N) is 5. The van der Waals surface area contributed by atoms with Crippen LogP contribution in [0.4, 0.5) is 85.3 Å². The van der Waals surface area contributed by atoms with Crippen LogP contribution in [0.1, 0.15) is 11.0 Å². The molecule has 7 aliphatic heterocycles. The van der Waals surface area contributed by atoms with E-state index in [4.69, 9.17) is 4.74 Å². The third-order valence-corrected chi connectivity index (χ3v) is 21.6. The maximum atomic E-state index is 9.63. The van der Waals surface area contributed by atoms with E-state index in [0.717, 1.165) is 177 Å². The van der Waals surface area contributed by atoms with Crippen LogP contribution in [0, 0.1) is 0 Å². The van der Waals surface area contributed by atoms with Crippen LogP contribution in [0.25, 0.3) is 54.2 Å². The van der Waals surface area contributed by atoms with Crippen LogP contribution in [0.2, 0.25) is 0 Å². The molecule has 0 saturated carbocycles. The summed E-state index contributed by atoms with van der Waals surface area (Å²) in [6.45, 7) is -1.41. The van der Waals surface area contributed by atoms with Gasteiger partial charge in [-0.2, -0.15) is 0 Å². The number of benzene rings is 16. The first-order valence-electron chi connectivity index (χ1n) is 37.1. The van der Waals surface area contributed by atoms with Crippen molar-refractivity contribution in [1.29, 1.82) is 0 Å². The molecule has 16 aromatic carbocycles. The molecule has 0 aromatic heterocycles. The molecule has 0 saturated heterocycles.